The Balaban J connectivity index is 3.07. The van der Waals surface area contributed by atoms with E-state index in [-0.39, 0.29) is 17.1 Å². The quantitative estimate of drug-likeness (QED) is 0.478. The van der Waals surface area contributed by atoms with Gasteiger partial charge >= 0.3 is 6.03 Å². The van der Waals surface area contributed by atoms with Gasteiger partial charge in [0.05, 0.1) is 16.3 Å². The van der Waals surface area contributed by atoms with Crippen molar-refractivity contribution in [2.45, 2.75) is 0 Å². The van der Waals surface area contributed by atoms with Gasteiger partial charge in [0.15, 0.2) is 0 Å². The van der Waals surface area contributed by atoms with Gasteiger partial charge in [-0.2, -0.15) is 0 Å². The summed E-state index contributed by atoms with van der Waals surface area (Å²) in [6.07, 6.45) is 0.379. The predicted octanol–water partition coefficient (Wildman–Crippen LogP) is 1.26. The number of carbonyl (C=O) groups is 2. The third-order valence-electron chi connectivity index (χ3n) is 2.08. The fraction of sp³-hybridized carbons (Fsp3) is 0.200. The van der Waals surface area contributed by atoms with Gasteiger partial charge in [-0.05, 0) is 6.07 Å². The van der Waals surface area contributed by atoms with Crippen LogP contribution in [0.25, 0.3) is 0 Å². The maximum atomic E-state index is 11.5. The number of benzene rings is 1. The number of nitrogens with zero attached hydrogens (tertiary/aromatic N) is 2. The van der Waals surface area contributed by atoms with E-state index in [4.69, 9.17) is 0 Å². The Bertz CT molecular complexity index is 487. The van der Waals surface area contributed by atoms with Crippen LogP contribution in [0.1, 0.15) is 0 Å². The smallest absolute Gasteiger partial charge is 0.321 e. The zero-order chi connectivity index (χ0) is 13.7. The van der Waals surface area contributed by atoms with Crippen molar-refractivity contribution < 1.29 is 14.5 Å². The first-order chi connectivity index (χ1) is 8.45. The van der Waals surface area contributed by atoms with Crippen molar-refractivity contribution in [3.8, 4) is 0 Å². The van der Waals surface area contributed by atoms with Crippen LogP contribution < -0.4 is 10.6 Å². The van der Waals surface area contributed by atoms with E-state index in [0.717, 1.165) is 0 Å². The molecule has 8 heteroatoms. The number of hydrogen-bond acceptors (Lipinski definition) is 4. The molecule has 8 nitrogen and oxygen atoms in total. The van der Waals surface area contributed by atoms with Gasteiger partial charge in [0.1, 0.15) is 0 Å². The second kappa shape index (κ2) is 5.62. The fourth-order valence-electron chi connectivity index (χ4n) is 1.16. The van der Waals surface area contributed by atoms with Crippen LogP contribution in [-0.2, 0) is 4.79 Å². The van der Waals surface area contributed by atoms with Crippen LogP contribution in [0.2, 0.25) is 0 Å². The summed E-state index contributed by atoms with van der Waals surface area (Å²) in [4.78, 5) is 33.2. The van der Waals surface area contributed by atoms with Gasteiger partial charge in [-0.15, -0.1) is 0 Å². The number of hydrogen-bond donors (Lipinski definition) is 2. The van der Waals surface area contributed by atoms with Crippen LogP contribution in [0, 0.1) is 10.1 Å². The van der Waals surface area contributed by atoms with Gasteiger partial charge in [0, 0.05) is 26.2 Å². The first-order valence-electron chi connectivity index (χ1n) is 4.92. The first-order valence-corrected chi connectivity index (χ1v) is 4.92. The van der Waals surface area contributed by atoms with Crippen LogP contribution in [0.15, 0.2) is 18.2 Å². The first kappa shape index (κ1) is 13.4. The summed E-state index contributed by atoms with van der Waals surface area (Å²) in [5, 5.41) is 15.4. The minimum absolute atomic E-state index is 0.161. The Morgan fingerprint density at radius 1 is 1.39 bits per heavy atom. The molecule has 0 radical (unpaired) electrons. The van der Waals surface area contributed by atoms with Gasteiger partial charge in [0.2, 0.25) is 6.41 Å². The number of amides is 3. The second-order valence-corrected chi connectivity index (χ2v) is 3.57. The van der Waals surface area contributed by atoms with Crippen molar-refractivity contribution in [2.24, 2.45) is 0 Å². The van der Waals surface area contributed by atoms with E-state index >= 15 is 0 Å². The lowest BCUT2D eigenvalue weighted by Crippen LogP contribution is -2.27. The number of non-ortho nitro benzene ring substituents is 1. The van der Waals surface area contributed by atoms with E-state index < -0.39 is 11.0 Å². The van der Waals surface area contributed by atoms with Crippen LogP contribution >= 0.6 is 0 Å². The van der Waals surface area contributed by atoms with Crippen molar-refractivity contribution in [3.63, 3.8) is 0 Å². The largest absolute Gasteiger partial charge is 0.331 e. The summed E-state index contributed by atoms with van der Waals surface area (Å²) in [7, 11) is 3.10. The van der Waals surface area contributed by atoms with Crippen molar-refractivity contribution in [2.75, 3.05) is 24.7 Å². The maximum absolute atomic E-state index is 11.5. The summed E-state index contributed by atoms with van der Waals surface area (Å²) < 4.78 is 0. The minimum atomic E-state index is -0.590. The number of nitro groups is 1. The van der Waals surface area contributed by atoms with Crippen molar-refractivity contribution in [1.82, 2.24) is 4.90 Å². The summed E-state index contributed by atoms with van der Waals surface area (Å²) >= 11 is 0. The highest BCUT2D eigenvalue weighted by atomic mass is 16.6. The molecule has 3 amide bonds. The Morgan fingerprint density at radius 3 is 2.56 bits per heavy atom. The standard InChI is InChI=1S/C10H12N4O4/c1-13(2)10(16)12-8-4-3-7(14(17)18)5-9(8)11-6-15/h3-6H,1-2H3,(H,11,15)(H,12,16). The molecular weight excluding hydrogens is 240 g/mol. The summed E-state index contributed by atoms with van der Waals surface area (Å²) in [6.45, 7) is 0. The molecule has 1 aromatic rings. The molecule has 0 aliphatic heterocycles. The molecule has 0 heterocycles. The summed E-state index contributed by atoms with van der Waals surface area (Å²) in [6, 6.07) is 3.35. The average Bonchev–Trinajstić information content (AvgIpc) is 2.31. The number of anilines is 2. The number of nitro benzene ring substituents is 1. The normalized spacial score (nSPS) is 9.44. The monoisotopic (exact) mass is 252 g/mol. The molecule has 1 rings (SSSR count). The number of urea groups is 1. The molecule has 0 aliphatic rings. The summed E-state index contributed by atoms with van der Waals surface area (Å²) in [5.41, 5.74) is 0.267. The SMILES string of the molecule is CN(C)C(=O)Nc1ccc([N+](=O)[O-])cc1NC=O. The highest BCUT2D eigenvalue weighted by molar-refractivity contribution is 5.95. The zero-order valence-electron chi connectivity index (χ0n) is 9.84. The molecule has 0 atom stereocenters. The zero-order valence-corrected chi connectivity index (χ0v) is 9.84. The minimum Gasteiger partial charge on any atom is -0.331 e. The Hall–Kier alpha value is -2.64. The van der Waals surface area contributed by atoms with E-state index in [0.29, 0.717) is 6.41 Å². The molecule has 0 spiro atoms. The molecule has 0 saturated carbocycles. The molecule has 1 aromatic carbocycles. The van der Waals surface area contributed by atoms with E-state index in [9.17, 15) is 19.7 Å². The topological polar surface area (TPSA) is 105 Å². The van der Waals surface area contributed by atoms with Gasteiger partial charge in [0.25, 0.3) is 5.69 Å². The van der Waals surface area contributed by atoms with Gasteiger partial charge in [-0.25, -0.2) is 4.79 Å². The number of rotatable bonds is 4. The molecule has 0 unspecified atom stereocenters. The lowest BCUT2D eigenvalue weighted by atomic mass is 10.2. The van der Waals surface area contributed by atoms with Gasteiger partial charge < -0.3 is 15.5 Å². The average molecular weight is 252 g/mol. The van der Waals surface area contributed by atoms with Gasteiger partial charge in [-0.3, -0.25) is 14.9 Å². The molecule has 0 fully saturated rings. The second-order valence-electron chi connectivity index (χ2n) is 3.57. The van der Waals surface area contributed by atoms with E-state index in [2.05, 4.69) is 10.6 Å². The number of carbonyl (C=O) groups excluding carboxylic acids is 2. The molecule has 0 bridgehead atoms. The molecule has 0 saturated heterocycles. The van der Waals surface area contributed by atoms with E-state index in [1.54, 1.807) is 14.1 Å². The lowest BCUT2D eigenvalue weighted by Gasteiger charge is -2.14. The molecule has 18 heavy (non-hydrogen) atoms. The van der Waals surface area contributed by atoms with Crippen LogP contribution in [0.5, 0.6) is 0 Å². The highest BCUT2D eigenvalue weighted by Crippen LogP contribution is 2.26. The highest BCUT2D eigenvalue weighted by Gasteiger charge is 2.13. The van der Waals surface area contributed by atoms with Crippen LogP contribution in [0.3, 0.4) is 0 Å². The molecule has 0 aliphatic carbocycles. The Morgan fingerprint density at radius 2 is 2.06 bits per heavy atom. The molecule has 2 N–H and O–H groups in total. The predicted molar refractivity (Wildman–Crippen MR) is 65.5 cm³/mol. The van der Waals surface area contributed by atoms with Crippen molar-refractivity contribution >= 4 is 29.5 Å². The van der Waals surface area contributed by atoms with Crippen molar-refractivity contribution in [1.29, 1.82) is 0 Å². The lowest BCUT2D eigenvalue weighted by molar-refractivity contribution is -0.384. The number of nitrogens with one attached hydrogen (secondary N) is 2. The molecule has 0 aromatic heterocycles. The summed E-state index contributed by atoms with van der Waals surface area (Å²) in [5.74, 6) is 0. The Labute approximate surface area is 103 Å². The van der Waals surface area contributed by atoms with Gasteiger partial charge in [-0.1, -0.05) is 0 Å². The third-order valence-corrected chi connectivity index (χ3v) is 2.08. The maximum Gasteiger partial charge on any atom is 0.321 e. The van der Waals surface area contributed by atoms with Crippen LogP contribution in [0.4, 0.5) is 21.9 Å². The third kappa shape index (κ3) is 3.17. The van der Waals surface area contributed by atoms with E-state index in [1.165, 1.54) is 23.1 Å². The fourth-order valence-corrected chi connectivity index (χ4v) is 1.16. The molecular formula is C10H12N4O4. The molecule has 96 valence electrons. The van der Waals surface area contributed by atoms with Crippen LogP contribution in [-0.4, -0.2) is 36.4 Å². The van der Waals surface area contributed by atoms with E-state index in [1.807, 2.05) is 0 Å². The van der Waals surface area contributed by atoms with Crippen molar-refractivity contribution in [3.05, 3.63) is 28.3 Å². The Kier molecular flexibility index (Phi) is 4.19.